The maximum absolute atomic E-state index is 12.0. The summed E-state index contributed by atoms with van der Waals surface area (Å²) in [5.41, 5.74) is 7.82. The third-order valence-corrected chi connectivity index (χ3v) is 4.86. The number of halogens is 1. The molecule has 1 aliphatic heterocycles. The lowest BCUT2D eigenvalue weighted by Crippen LogP contribution is -2.42. The van der Waals surface area contributed by atoms with Gasteiger partial charge in [0.25, 0.3) is 0 Å². The number of carbonyl (C=O) groups is 1. The molecule has 1 aromatic rings. The Morgan fingerprint density at radius 1 is 1.45 bits per heavy atom. The van der Waals surface area contributed by atoms with Gasteiger partial charge in [0.15, 0.2) is 5.96 Å². The predicted octanol–water partition coefficient (Wildman–Crippen LogP) is 2.45. The van der Waals surface area contributed by atoms with Gasteiger partial charge in [0.05, 0.1) is 6.54 Å². The van der Waals surface area contributed by atoms with Crippen LogP contribution in [-0.2, 0) is 4.79 Å². The monoisotopic (exact) mass is 384 g/mol. The predicted molar refractivity (Wildman–Crippen MR) is 97.5 cm³/mol. The zero-order valence-electron chi connectivity index (χ0n) is 12.6. The molecule has 5 nitrogen and oxygen atoms in total. The Kier molecular flexibility index (Phi) is 6.57. The molecule has 1 saturated heterocycles. The van der Waals surface area contributed by atoms with Crippen molar-refractivity contribution in [2.75, 3.05) is 36.5 Å². The number of anilines is 1. The van der Waals surface area contributed by atoms with Crippen molar-refractivity contribution in [3.05, 3.63) is 28.2 Å². The van der Waals surface area contributed by atoms with Crippen LogP contribution in [0, 0.1) is 6.92 Å². The van der Waals surface area contributed by atoms with Gasteiger partial charge < -0.3 is 16.0 Å². The molecule has 3 N–H and O–H groups in total. The van der Waals surface area contributed by atoms with Gasteiger partial charge in [-0.2, -0.15) is 11.8 Å². The van der Waals surface area contributed by atoms with Crippen LogP contribution in [0.5, 0.6) is 0 Å². The molecule has 7 heteroatoms. The maximum atomic E-state index is 12.0. The van der Waals surface area contributed by atoms with Crippen LogP contribution in [0.15, 0.2) is 27.7 Å². The molecule has 120 valence electrons. The summed E-state index contributed by atoms with van der Waals surface area (Å²) in [4.78, 5) is 18.4. The van der Waals surface area contributed by atoms with Gasteiger partial charge in [0.2, 0.25) is 5.91 Å². The van der Waals surface area contributed by atoms with Gasteiger partial charge in [-0.3, -0.25) is 9.79 Å². The molecule has 0 unspecified atom stereocenters. The molecule has 1 aromatic carbocycles. The van der Waals surface area contributed by atoms with Crippen molar-refractivity contribution >= 4 is 45.2 Å². The number of amides is 1. The van der Waals surface area contributed by atoms with Crippen molar-refractivity contribution in [3.63, 3.8) is 0 Å². The van der Waals surface area contributed by atoms with Crippen molar-refractivity contribution in [1.82, 2.24) is 4.90 Å². The minimum absolute atomic E-state index is 0.0491. The van der Waals surface area contributed by atoms with E-state index in [-0.39, 0.29) is 5.91 Å². The molecule has 0 aromatic heterocycles. The maximum Gasteiger partial charge on any atom is 0.226 e. The Balaban J connectivity index is 1.81. The Hall–Kier alpha value is -1.21. The second kappa shape index (κ2) is 8.43. The molecule has 22 heavy (non-hydrogen) atoms. The van der Waals surface area contributed by atoms with Gasteiger partial charge in [0.1, 0.15) is 0 Å². The lowest BCUT2D eigenvalue weighted by Gasteiger charge is -2.27. The first-order valence-corrected chi connectivity index (χ1v) is 9.19. The number of nitrogens with one attached hydrogen (secondary N) is 1. The summed E-state index contributed by atoms with van der Waals surface area (Å²) >= 11 is 5.33. The fourth-order valence-corrected chi connectivity index (χ4v) is 3.37. The highest BCUT2D eigenvalue weighted by Gasteiger charge is 2.12. The normalized spacial score (nSPS) is 15.7. The van der Waals surface area contributed by atoms with Gasteiger partial charge in [-0.05, 0) is 24.6 Å². The van der Waals surface area contributed by atoms with E-state index in [0.29, 0.717) is 18.9 Å². The summed E-state index contributed by atoms with van der Waals surface area (Å²) < 4.78 is 0.943. The Morgan fingerprint density at radius 2 is 2.18 bits per heavy atom. The van der Waals surface area contributed by atoms with Crippen LogP contribution in [0.3, 0.4) is 0 Å². The van der Waals surface area contributed by atoms with E-state index in [1.165, 1.54) is 0 Å². The molecule has 1 amide bonds. The third-order valence-electron chi connectivity index (χ3n) is 3.42. The quantitative estimate of drug-likeness (QED) is 0.617. The first kappa shape index (κ1) is 17.1. The van der Waals surface area contributed by atoms with E-state index >= 15 is 0 Å². The molecule has 0 atom stereocenters. The molecule has 1 aliphatic rings. The topological polar surface area (TPSA) is 70.7 Å². The third kappa shape index (κ3) is 5.21. The molecular weight excluding hydrogens is 364 g/mol. The minimum Gasteiger partial charge on any atom is -0.370 e. The number of carbonyl (C=O) groups excluding carboxylic acids is 1. The summed E-state index contributed by atoms with van der Waals surface area (Å²) in [6, 6.07) is 5.81. The van der Waals surface area contributed by atoms with Crippen LogP contribution < -0.4 is 11.1 Å². The number of hydrogen-bond acceptors (Lipinski definition) is 3. The van der Waals surface area contributed by atoms with Gasteiger partial charge in [-0.15, -0.1) is 0 Å². The number of benzene rings is 1. The summed E-state index contributed by atoms with van der Waals surface area (Å²) in [5, 5.41) is 2.91. The average Bonchev–Trinajstić information content (AvgIpc) is 2.51. The summed E-state index contributed by atoms with van der Waals surface area (Å²) in [6.45, 7) is 4.24. The number of aryl methyl sites for hydroxylation is 1. The number of aliphatic imine (C=N–C) groups is 1. The number of nitrogens with two attached hydrogens (primary N) is 1. The highest BCUT2D eigenvalue weighted by Crippen LogP contribution is 2.20. The lowest BCUT2D eigenvalue weighted by atomic mass is 10.2. The van der Waals surface area contributed by atoms with E-state index in [9.17, 15) is 4.79 Å². The molecule has 0 bridgehead atoms. The van der Waals surface area contributed by atoms with E-state index in [4.69, 9.17) is 5.73 Å². The smallest absolute Gasteiger partial charge is 0.226 e. The fourth-order valence-electron chi connectivity index (χ4n) is 2.11. The average molecular weight is 385 g/mol. The summed E-state index contributed by atoms with van der Waals surface area (Å²) in [5.74, 6) is 2.66. The van der Waals surface area contributed by atoms with Crippen LogP contribution in [0.1, 0.15) is 12.0 Å². The highest BCUT2D eigenvalue weighted by molar-refractivity contribution is 9.10. The zero-order valence-corrected chi connectivity index (χ0v) is 15.0. The van der Waals surface area contributed by atoms with Crippen molar-refractivity contribution in [3.8, 4) is 0 Å². The molecule has 1 heterocycles. The molecule has 2 rings (SSSR count). The van der Waals surface area contributed by atoms with Gasteiger partial charge in [0, 0.05) is 41.2 Å². The van der Waals surface area contributed by atoms with Crippen LogP contribution in [-0.4, -0.2) is 47.9 Å². The van der Waals surface area contributed by atoms with Crippen molar-refractivity contribution < 1.29 is 4.79 Å². The van der Waals surface area contributed by atoms with Crippen molar-refractivity contribution in [1.29, 1.82) is 0 Å². The number of thioether (sulfide) groups is 1. The Bertz CT molecular complexity index is 558. The molecule has 0 spiro atoms. The molecule has 0 radical (unpaired) electrons. The first-order chi connectivity index (χ1) is 10.6. The standard InChI is InChI=1S/C15H21BrN4OS/c1-11-2-3-12(16)10-13(11)19-14(21)4-5-18-15(17)20-6-8-22-9-7-20/h2-3,10H,4-9H2,1H3,(H2,17,18)(H,19,21). The van der Waals surface area contributed by atoms with E-state index < -0.39 is 0 Å². The molecule has 0 saturated carbocycles. The molecule has 0 aliphatic carbocycles. The van der Waals surface area contributed by atoms with Crippen LogP contribution in [0.2, 0.25) is 0 Å². The summed E-state index contributed by atoms with van der Waals surface area (Å²) in [7, 11) is 0. The SMILES string of the molecule is Cc1ccc(Br)cc1NC(=O)CCN=C(N)N1CCSCC1. The van der Waals surface area contributed by atoms with E-state index in [0.717, 1.165) is 40.3 Å². The number of rotatable bonds is 4. The van der Waals surface area contributed by atoms with Gasteiger partial charge >= 0.3 is 0 Å². The van der Waals surface area contributed by atoms with E-state index in [1.54, 1.807) is 0 Å². The molecule has 1 fully saturated rings. The second-order valence-corrected chi connectivity index (χ2v) is 7.24. The summed E-state index contributed by atoms with van der Waals surface area (Å²) in [6.07, 6.45) is 0.329. The first-order valence-electron chi connectivity index (χ1n) is 7.25. The van der Waals surface area contributed by atoms with Crippen molar-refractivity contribution in [2.45, 2.75) is 13.3 Å². The zero-order chi connectivity index (χ0) is 15.9. The van der Waals surface area contributed by atoms with E-state index in [1.807, 2.05) is 36.9 Å². The number of guanidine groups is 1. The van der Waals surface area contributed by atoms with Crippen LogP contribution in [0.4, 0.5) is 5.69 Å². The fraction of sp³-hybridized carbons (Fsp3) is 0.467. The largest absolute Gasteiger partial charge is 0.370 e. The number of nitrogens with zero attached hydrogens (tertiary/aromatic N) is 2. The lowest BCUT2D eigenvalue weighted by molar-refractivity contribution is -0.116. The Morgan fingerprint density at radius 3 is 2.91 bits per heavy atom. The highest BCUT2D eigenvalue weighted by atomic mass is 79.9. The molecular formula is C15H21BrN4OS. The van der Waals surface area contributed by atoms with Crippen LogP contribution >= 0.6 is 27.7 Å². The van der Waals surface area contributed by atoms with Crippen LogP contribution in [0.25, 0.3) is 0 Å². The van der Waals surface area contributed by atoms with Crippen molar-refractivity contribution in [2.24, 2.45) is 10.7 Å². The second-order valence-electron chi connectivity index (χ2n) is 5.10. The minimum atomic E-state index is -0.0491. The van der Waals surface area contributed by atoms with Gasteiger partial charge in [-0.1, -0.05) is 22.0 Å². The Labute approximate surface area is 143 Å². The van der Waals surface area contributed by atoms with Gasteiger partial charge in [-0.25, -0.2) is 0 Å². The van der Waals surface area contributed by atoms with E-state index in [2.05, 4.69) is 31.1 Å². The number of hydrogen-bond donors (Lipinski definition) is 2.